The summed E-state index contributed by atoms with van der Waals surface area (Å²) in [6.45, 7) is 13.3. The summed E-state index contributed by atoms with van der Waals surface area (Å²) in [5.41, 5.74) is 0.654. The Labute approximate surface area is 176 Å². The van der Waals surface area contributed by atoms with Gasteiger partial charge in [0.25, 0.3) is 0 Å². The number of anilines is 2. The van der Waals surface area contributed by atoms with Crippen molar-refractivity contribution in [2.75, 3.05) is 49.9 Å². The van der Waals surface area contributed by atoms with Gasteiger partial charge in [0.15, 0.2) is 5.82 Å². The number of hydrogen-bond donors (Lipinski definition) is 2. The van der Waals surface area contributed by atoms with E-state index < -0.39 is 0 Å². The second-order valence-corrected chi connectivity index (χ2v) is 8.73. The Morgan fingerprint density at radius 2 is 1.57 bits per heavy atom. The number of carbonyl (C=O) groups is 2. The normalized spacial score (nSPS) is 15.9. The molecule has 10 nitrogen and oxygen atoms in total. The standard InChI is InChI=1S/C20H31N7O3/c1-14-10-17(27(23-14)20(3,4)5)22-19(29)13-26-8-6-25(7-9-26)12-18(28)21-16-11-15(2)30-24-16/h10-11H,6-9,12-13H2,1-5H3,(H,22,29)(H,21,24,28). The van der Waals surface area contributed by atoms with Crippen LogP contribution in [0.3, 0.4) is 0 Å². The van der Waals surface area contributed by atoms with Gasteiger partial charge < -0.3 is 15.2 Å². The molecule has 30 heavy (non-hydrogen) atoms. The Kier molecular flexibility index (Phi) is 6.57. The summed E-state index contributed by atoms with van der Waals surface area (Å²) in [7, 11) is 0. The predicted molar refractivity (Wildman–Crippen MR) is 113 cm³/mol. The molecule has 3 heterocycles. The molecule has 2 amide bonds. The van der Waals surface area contributed by atoms with Crippen molar-refractivity contribution < 1.29 is 14.1 Å². The molecule has 2 N–H and O–H groups in total. The summed E-state index contributed by atoms with van der Waals surface area (Å²) in [5, 5.41) is 14.0. The van der Waals surface area contributed by atoms with Gasteiger partial charge in [-0.25, -0.2) is 4.68 Å². The SMILES string of the molecule is Cc1cc(NC(=O)CN2CCN(CC(=O)Nc3cc(C)on3)CC2)n(C(C)(C)C)n1. The number of nitrogens with one attached hydrogen (secondary N) is 2. The number of carbonyl (C=O) groups excluding carboxylic acids is 2. The molecule has 0 aliphatic carbocycles. The molecular weight excluding hydrogens is 386 g/mol. The predicted octanol–water partition coefficient (Wildman–Crippen LogP) is 1.44. The molecule has 3 rings (SSSR count). The maximum Gasteiger partial charge on any atom is 0.239 e. The molecule has 2 aromatic rings. The lowest BCUT2D eigenvalue weighted by Gasteiger charge is -2.33. The Balaban J connectivity index is 1.43. The van der Waals surface area contributed by atoms with Crippen molar-refractivity contribution in [3.05, 3.63) is 23.6 Å². The number of aryl methyl sites for hydroxylation is 2. The minimum Gasteiger partial charge on any atom is -0.360 e. The van der Waals surface area contributed by atoms with Gasteiger partial charge in [0.1, 0.15) is 11.6 Å². The topological polar surface area (TPSA) is 109 Å². The first-order valence-electron chi connectivity index (χ1n) is 10.1. The third kappa shape index (κ3) is 5.90. The maximum atomic E-state index is 12.5. The van der Waals surface area contributed by atoms with Crippen LogP contribution >= 0.6 is 0 Å². The van der Waals surface area contributed by atoms with Crippen molar-refractivity contribution in [3.63, 3.8) is 0 Å². The molecule has 0 saturated carbocycles. The van der Waals surface area contributed by atoms with Gasteiger partial charge in [0.2, 0.25) is 11.8 Å². The van der Waals surface area contributed by atoms with Crippen molar-refractivity contribution in [3.8, 4) is 0 Å². The molecule has 164 valence electrons. The van der Waals surface area contributed by atoms with Gasteiger partial charge in [0, 0.05) is 38.3 Å². The molecule has 0 aromatic carbocycles. The molecule has 0 spiro atoms. The molecule has 0 unspecified atom stereocenters. The summed E-state index contributed by atoms with van der Waals surface area (Å²) in [6, 6.07) is 3.57. The van der Waals surface area contributed by atoms with Crippen molar-refractivity contribution in [1.29, 1.82) is 0 Å². The molecule has 1 fully saturated rings. The fourth-order valence-electron chi connectivity index (χ4n) is 3.40. The van der Waals surface area contributed by atoms with Gasteiger partial charge in [-0.15, -0.1) is 0 Å². The van der Waals surface area contributed by atoms with Gasteiger partial charge in [-0.3, -0.25) is 19.4 Å². The number of aromatic nitrogens is 3. The first kappa shape index (κ1) is 22.0. The van der Waals surface area contributed by atoms with Gasteiger partial charge in [-0.05, 0) is 34.6 Å². The van der Waals surface area contributed by atoms with Crippen LogP contribution in [0.15, 0.2) is 16.7 Å². The van der Waals surface area contributed by atoms with E-state index in [0.29, 0.717) is 23.9 Å². The maximum absolute atomic E-state index is 12.5. The van der Waals surface area contributed by atoms with Crippen molar-refractivity contribution >= 4 is 23.5 Å². The number of hydrogen-bond acceptors (Lipinski definition) is 7. The van der Waals surface area contributed by atoms with Gasteiger partial charge in [-0.2, -0.15) is 5.10 Å². The van der Waals surface area contributed by atoms with Crippen LogP contribution in [0.4, 0.5) is 11.6 Å². The average Bonchev–Trinajstić information content (AvgIpc) is 3.21. The summed E-state index contributed by atoms with van der Waals surface area (Å²) >= 11 is 0. The third-order valence-corrected chi connectivity index (χ3v) is 4.83. The van der Waals surface area contributed by atoms with E-state index in [4.69, 9.17) is 4.52 Å². The van der Waals surface area contributed by atoms with Crippen LogP contribution in [-0.4, -0.2) is 75.8 Å². The Hall–Kier alpha value is -2.72. The van der Waals surface area contributed by atoms with E-state index in [0.717, 1.165) is 31.9 Å². The smallest absolute Gasteiger partial charge is 0.239 e. The fourth-order valence-corrected chi connectivity index (χ4v) is 3.40. The summed E-state index contributed by atoms with van der Waals surface area (Å²) in [4.78, 5) is 28.8. The lowest BCUT2D eigenvalue weighted by atomic mass is 10.1. The number of rotatable bonds is 6. The van der Waals surface area contributed by atoms with E-state index in [9.17, 15) is 9.59 Å². The first-order chi connectivity index (χ1) is 14.1. The van der Waals surface area contributed by atoms with E-state index in [2.05, 4.69) is 30.7 Å². The van der Waals surface area contributed by atoms with E-state index in [1.165, 1.54) is 0 Å². The number of nitrogens with zero attached hydrogens (tertiary/aromatic N) is 5. The lowest BCUT2D eigenvalue weighted by molar-refractivity contribution is -0.120. The number of amides is 2. The van der Waals surface area contributed by atoms with Gasteiger partial charge in [0.05, 0.1) is 24.3 Å². The molecule has 1 aliphatic rings. The summed E-state index contributed by atoms with van der Waals surface area (Å²) < 4.78 is 6.79. The lowest BCUT2D eigenvalue weighted by Crippen LogP contribution is -2.50. The van der Waals surface area contributed by atoms with Crippen LogP contribution < -0.4 is 10.6 Å². The Morgan fingerprint density at radius 3 is 2.07 bits per heavy atom. The second kappa shape index (κ2) is 8.97. The zero-order chi connectivity index (χ0) is 21.9. The molecule has 1 saturated heterocycles. The highest BCUT2D eigenvalue weighted by molar-refractivity contribution is 5.92. The Morgan fingerprint density at radius 1 is 1.00 bits per heavy atom. The van der Waals surface area contributed by atoms with Crippen LogP contribution in [0.5, 0.6) is 0 Å². The minimum atomic E-state index is -0.215. The highest BCUT2D eigenvalue weighted by atomic mass is 16.5. The second-order valence-electron chi connectivity index (χ2n) is 8.73. The molecule has 0 atom stereocenters. The Bertz CT molecular complexity index is 889. The molecule has 0 bridgehead atoms. The fraction of sp³-hybridized carbons (Fsp3) is 0.600. The van der Waals surface area contributed by atoms with E-state index in [1.54, 1.807) is 13.0 Å². The van der Waals surface area contributed by atoms with Crippen molar-refractivity contribution in [2.45, 2.75) is 40.2 Å². The van der Waals surface area contributed by atoms with Crippen LogP contribution in [-0.2, 0) is 15.1 Å². The quantitative estimate of drug-likeness (QED) is 0.732. The monoisotopic (exact) mass is 417 g/mol. The van der Waals surface area contributed by atoms with Crippen LogP contribution in [0.1, 0.15) is 32.2 Å². The number of piperazine rings is 1. The molecule has 0 radical (unpaired) electrons. The summed E-state index contributed by atoms with van der Waals surface area (Å²) in [6.07, 6.45) is 0. The van der Waals surface area contributed by atoms with Crippen molar-refractivity contribution in [2.24, 2.45) is 0 Å². The first-order valence-corrected chi connectivity index (χ1v) is 10.1. The highest BCUT2D eigenvalue weighted by Crippen LogP contribution is 2.21. The zero-order valence-electron chi connectivity index (χ0n) is 18.4. The van der Waals surface area contributed by atoms with Crippen LogP contribution in [0.25, 0.3) is 0 Å². The third-order valence-electron chi connectivity index (χ3n) is 4.83. The van der Waals surface area contributed by atoms with Gasteiger partial charge in [-0.1, -0.05) is 5.16 Å². The van der Waals surface area contributed by atoms with Crippen LogP contribution in [0, 0.1) is 13.8 Å². The van der Waals surface area contributed by atoms with E-state index >= 15 is 0 Å². The van der Waals surface area contributed by atoms with Crippen LogP contribution in [0.2, 0.25) is 0 Å². The minimum absolute atomic E-state index is 0.0620. The summed E-state index contributed by atoms with van der Waals surface area (Å²) in [5.74, 6) is 1.60. The largest absolute Gasteiger partial charge is 0.360 e. The highest BCUT2D eigenvalue weighted by Gasteiger charge is 2.23. The van der Waals surface area contributed by atoms with Crippen molar-refractivity contribution in [1.82, 2.24) is 24.7 Å². The molecule has 2 aromatic heterocycles. The molecule has 10 heteroatoms. The zero-order valence-corrected chi connectivity index (χ0v) is 18.4. The van der Waals surface area contributed by atoms with Gasteiger partial charge >= 0.3 is 0 Å². The molecule has 1 aliphatic heterocycles. The average molecular weight is 418 g/mol. The molecular formula is C20H31N7O3. The van der Waals surface area contributed by atoms with E-state index in [1.807, 2.05) is 38.4 Å². The van der Waals surface area contributed by atoms with E-state index in [-0.39, 0.29) is 23.9 Å².